The highest BCUT2D eigenvalue weighted by Gasteiger charge is 2.17. The zero-order valence-corrected chi connectivity index (χ0v) is 11.6. The van der Waals surface area contributed by atoms with Crippen LogP contribution in [0.4, 0.5) is 5.69 Å². The van der Waals surface area contributed by atoms with Crippen molar-refractivity contribution in [1.29, 1.82) is 0 Å². The second kappa shape index (κ2) is 6.65. The molecule has 0 aliphatic carbocycles. The lowest BCUT2D eigenvalue weighted by Gasteiger charge is -2.11. The summed E-state index contributed by atoms with van der Waals surface area (Å²) in [6, 6.07) is 8.59. The average molecular weight is 288 g/mol. The highest BCUT2D eigenvalue weighted by atomic mass is 16.4. The van der Waals surface area contributed by atoms with E-state index in [9.17, 15) is 9.59 Å². The molecule has 1 aromatic heterocycles. The number of para-hydroxylation sites is 1. The summed E-state index contributed by atoms with van der Waals surface area (Å²) in [4.78, 5) is 22.6. The molecule has 2 N–H and O–H groups in total. The Kier molecular flexibility index (Phi) is 4.65. The number of carboxylic acids is 1. The van der Waals surface area contributed by atoms with Crippen LogP contribution in [0.25, 0.3) is 0 Å². The fraction of sp³-hybridized carbons (Fsp3) is 0.286. The van der Waals surface area contributed by atoms with Crippen LogP contribution in [0.5, 0.6) is 0 Å². The van der Waals surface area contributed by atoms with Crippen molar-refractivity contribution >= 4 is 17.6 Å². The Morgan fingerprint density at radius 3 is 2.71 bits per heavy atom. The summed E-state index contributed by atoms with van der Waals surface area (Å²) in [6.07, 6.45) is 1.88. The smallest absolute Gasteiger partial charge is 0.303 e. The zero-order valence-electron chi connectivity index (χ0n) is 11.6. The van der Waals surface area contributed by atoms with E-state index in [1.165, 1.54) is 4.68 Å². The summed E-state index contributed by atoms with van der Waals surface area (Å²) in [5.74, 6) is -1.10. The molecule has 110 valence electrons. The average Bonchev–Trinajstić information content (AvgIpc) is 2.94. The second-order valence-electron chi connectivity index (χ2n) is 4.61. The van der Waals surface area contributed by atoms with Gasteiger partial charge in [-0.05, 0) is 19.1 Å². The minimum absolute atomic E-state index is 0.0106. The third-order valence-corrected chi connectivity index (χ3v) is 2.97. The van der Waals surface area contributed by atoms with Gasteiger partial charge >= 0.3 is 5.97 Å². The van der Waals surface area contributed by atoms with Crippen molar-refractivity contribution in [2.24, 2.45) is 0 Å². The number of aromatic nitrogens is 3. The molecular weight excluding hydrogens is 272 g/mol. The van der Waals surface area contributed by atoms with Gasteiger partial charge in [-0.2, -0.15) is 0 Å². The maximum Gasteiger partial charge on any atom is 0.303 e. The van der Waals surface area contributed by atoms with E-state index in [2.05, 4.69) is 15.6 Å². The van der Waals surface area contributed by atoms with Crippen molar-refractivity contribution in [2.45, 2.75) is 25.8 Å². The molecule has 1 unspecified atom stereocenters. The molecule has 0 aliphatic heterocycles. The lowest BCUT2D eigenvalue weighted by atomic mass is 10.2. The van der Waals surface area contributed by atoms with Crippen LogP contribution in [-0.2, 0) is 16.0 Å². The Balaban J connectivity index is 1.97. The number of hydrogen-bond donors (Lipinski definition) is 2. The Labute approximate surface area is 121 Å². The molecule has 21 heavy (non-hydrogen) atoms. The van der Waals surface area contributed by atoms with Crippen molar-refractivity contribution in [3.8, 4) is 0 Å². The quantitative estimate of drug-likeness (QED) is 0.839. The summed E-state index contributed by atoms with van der Waals surface area (Å²) >= 11 is 0. The molecule has 0 bridgehead atoms. The number of hydrogen-bond acceptors (Lipinski definition) is 4. The molecular formula is C14H16N4O3. The van der Waals surface area contributed by atoms with Gasteiger partial charge < -0.3 is 10.4 Å². The standard InChI is InChI=1S/C14H16N4O3/c1-10(14(21)15-11-5-3-2-4-6-11)18-9-12(16-17-18)7-8-13(19)20/h2-6,9-10H,7-8H2,1H3,(H,15,21)(H,19,20). The zero-order chi connectivity index (χ0) is 15.2. The SMILES string of the molecule is CC(C(=O)Nc1ccccc1)n1cc(CCC(=O)O)nn1. The Morgan fingerprint density at radius 1 is 1.33 bits per heavy atom. The number of amides is 1. The summed E-state index contributed by atoms with van der Waals surface area (Å²) in [5, 5.41) is 19.1. The molecule has 0 aliphatic rings. The first kappa shape index (κ1) is 14.7. The molecule has 0 saturated carbocycles. The number of benzene rings is 1. The van der Waals surface area contributed by atoms with E-state index in [0.29, 0.717) is 17.8 Å². The predicted octanol–water partition coefficient (Wildman–Crippen LogP) is 1.49. The highest BCUT2D eigenvalue weighted by molar-refractivity contribution is 5.93. The number of aryl methyl sites for hydroxylation is 1. The van der Waals surface area contributed by atoms with Gasteiger partial charge in [0.1, 0.15) is 6.04 Å². The van der Waals surface area contributed by atoms with Gasteiger partial charge in [-0.1, -0.05) is 23.4 Å². The number of carbonyl (C=O) groups excluding carboxylic acids is 1. The lowest BCUT2D eigenvalue weighted by molar-refractivity contribution is -0.137. The number of aliphatic carboxylic acids is 1. The first-order valence-corrected chi connectivity index (χ1v) is 6.54. The minimum atomic E-state index is -0.889. The van der Waals surface area contributed by atoms with Gasteiger partial charge in [-0.15, -0.1) is 5.10 Å². The van der Waals surface area contributed by atoms with Crippen molar-refractivity contribution < 1.29 is 14.7 Å². The van der Waals surface area contributed by atoms with Crippen LogP contribution in [0.15, 0.2) is 36.5 Å². The van der Waals surface area contributed by atoms with Crippen LogP contribution >= 0.6 is 0 Å². The van der Waals surface area contributed by atoms with Crippen molar-refractivity contribution in [1.82, 2.24) is 15.0 Å². The van der Waals surface area contributed by atoms with Crippen LogP contribution in [0.2, 0.25) is 0 Å². The molecule has 0 radical (unpaired) electrons. The molecule has 0 spiro atoms. The van der Waals surface area contributed by atoms with E-state index < -0.39 is 12.0 Å². The number of carbonyl (C=O) groups is 2. The van der Waals surface area contributed by atoms with E-state index in [4.69, 9.17) is 5.11 Å². The Bertz CT molecular complexity index is 624. The fourth-order valence-electron chi connectivity index (χ4n) is 1.74. The number of carboxylic acid groups (broad SMARTS) is 1. The molecule has 0 saturated heterocycles. The predicted molar refractivity (Wildman–Crippen MR) is 75.8 cm³/mol. The molecule has 2 aromatic rings. The van der Waals surface area contributed by atoms with Gasteiger partial charge in [0.05, 0.1) is 12.1 Å². The number of nitrogens with one attached hydrogen (secondary N) is 1. The minimum Gasteiger partial charge on any atom is -0.481 e. The second-order valence-corrected chi connectivity index (χ2v) is 4.61. The van der Waals surface area contributed by atoms with E-state index in [0.717, 1.165) is 0 Å². The Hall–Kier alpha value is -2.70. The molecule has 1 amide bonds. The first-order valence-electron chi connectivity index (χ1n) is 6.54. The van der Waals surface area contributed by atoms with E-state index in [1.807, 2.05) is 18.2 Å². The molecule has 1 atom stereocenters. The molecule has 0 fully saturated rings. The molecule has 2 rings (SSSR count). The highest BCUT2D eigenvalue weighted by Crippen LogP contribution is 2.11. The third kappa shape index (κ3) is 4.13. The summed E-state index contributed by atoms with van der Waals surface area (Å²) in [6.45, 7) is 1.70. The fourth-order valence-corrected chi connectivity index (χ4v) is 1.74. The van der Waals surface area contributed by atoms with Gasteiger partial charge in [0, 0.05) is 18.3 Å². The molecule has 7 nitrogen and oxygen atoms in total. The molecule has 7 heteroatoms. The molecule has 1 heterocycles. The van der Waals surface area contributed by atoms with Gasteiger partial charge in [0.25, 0.3) is 0 Å². The van der Waals surface area contributed by atoms with Gasteiger partial charge in [0.2, 0.25) is 5.91 Å². The van der Waals surface area contributed by atoms with Crippen LogP contribution in [0.3, 0.4) is 0 Å². The maximum atomic E-state index is 12.1. The van der Waals surface area contributed by atoms with Gasteiger partial charge in [-0.25, -0.2) is 4.68 Å². The number of anilines is 1. The Morgan fingerprint density at radius 2 is 2.05 bits per heavy atom. The lowest BCUT2D eigenvalue weighted by Crippen LogP contribution is -2.24. The van der Waals surface area contributed by atoms with Crippen LogP contribution in [0.1, 0.15) is 25.1 Å². The number of rotatable bonds is 6. The number of nitrogens with zero attached hydrogens (tertiary/aromatic N) is 3. The van der Waals surface area contributed by atoms with Crippen LogP contribution in [0, 0.1) is 0 Å². The topological polar surface area (TPSA) is 97.1 Å². The van der Waals surface area contributed by atoms with Gasteiger partial charge in [-0.3, -0.25) is 9.59 Å². The van der Waals surface area contributed by atoms with Crippen molar-refractivity contribution in [2.75, 3.05) is 5.32 Å². The normalized spacial score (nSPS) is 11.9. The van der Waals surface area contributed by atoms with E-state index >= 15 is 0 Å². The largest absolute Gasteiger partial charge is 0.481 e. The maximum absolute atomic E-state index is 12.1. The van der Waals surface area contributed by atoms with E-state index in [1.54, 1.807) is 25.3 Å². The van der Waals surface area contributed by atoms with Crippen LogP contribution < -0.4 is 5.32 Å². The summed E-state index contributed by atoms with van der Waals surface area (Å²) in [5.41, 5.74) is 1.26. The molecule has 1 aromatic carbocycles. The summed E-state index contributed by atoms with van der Waals surface area (Å²) in [7, 11) is 0. The monoisotopic (exact) mass is 288 g/mol. The van der Waals surface area contributed by atoms with Crippen LogP contribution in [-0.4, -0.2) is 32.0 Å². The summed E-state index contributed by atoms with van der Waals surface area (Å²) < 4.78 is 1.43. The van der Waals surface area contributed by atoms with Crippen molar-refractivity contribution in [3.63, 3.8) is 0 Å². The van der Waals surface area contributed by atoms with E-state index in [-0.39, 0.29) is 12.3 Å². The first-order chi connectivity index (χ1) is 10.1. The third-order valence-electron chi connectivity index (χ3n) is 2.97. The van der Waals surface area contributed by atoms with Gasteiger partial charge in [0.15, 0.2) is 0 Å². The van der Waals surface area contributed by atoms with Crippen molar-refractivity contribution in [3.05, 3.63) is 42.2 Å².